The van der Waals surface area contributed by atoms with Gasteiger partial charge in [0.1, 0.15) is 24.6 Å². The van der Waals surface area contributed by atoms with Crippen LogP contribution >= 0.6 is 0 Å². The van der Waals surface area contributed by atoms with Crippen LogP contribution in [-0.4, -0.2) is 97.4 Å². The number of nitrogens with zero attached hydrogens (tertiary/aromatic N) is 2. The number of methoxy groups -OCH3 is 1. The maximum absolute atomic E-state index is 12.9. The molecule has 1 fully saturated rings. The second kappa shape index (κ2) is 20.2. The summed E-state index contributed by atoms with van der Waals surface area (Å²) in [5.74, 6) is -1.67. The number of amides is 3. The third-order valence-electron chi connectivity index (χ3n) is 8.12. The zero-order valence-electron chi connectivity index (χ0n) is 27.3. The highest BCUT2D eigenvalue weighted by atomic mass is 16.6. The first-order chi connectivity index (χ1) is 22.7. The summed E-state index contributed by atoms with van der Waals surface area (Å²) >= 11 is 0. The Morgan fingerprint density at radius 3 is 2.17 bits per heavy atom. The standard InChI is InChI=1S/C35H46N2O10/c1-36(30(39)15-12-22-38)20-10-4-8-17-34(43)47-29-24-27(23-28(44-2)35(29)45-25-26-13-6-3-7-14-26)46-33(42)16-9-5-11-21-37-31(40)18-19-32(37)41/h3,6-7,12-15,18-19,22,27-29,35H,4-5,8-11,16-17,20-21,23-25H2,1-2H3/b15-12-. The lowest BCUT2D eigenvalue weighted by atomic mass is 9.89. The second-order valence-electron chi connectivity index (χ2n) is 11.7. The van der Waals surface area contributed by atoms with Gasteiger partial charge < -0.3 is 23.8 Å². The van der Waals surface area contributed by atoms with Gasteiger partial charge in [0.05, 0.1) is 12.7 Å². The molecule has 12 heteroatoms. The Kier molecular flexibility index (Phi) is 16.0. The number of carbonyl (C=O) groups is 6. The number of hydrogen-bond donors (Lipinski definition) is 0. The van der Waals surface area contributed by atoms with Gasteiger partial charge in [0.2, 0.25) is 5.91 Å². The number of imide groups is 1. The maximum atomic E-state index is 12.9. The normalized spacial score (nSPS) is 20.9. The predicted molar refractivity (Wildman–Crippen MR) is 170 cm³/mol. The van der Waals surface area contributed by atoms with Gasteiger partial charge in [-0.1, -0.05) is 43.2 Å². The number of rotatable bonds is 20. The Morgan fingerprint density at radius 1 is 0.872 bits per heavy atom. The molecule has 4 atom stereocenters. The lowest BCUT2D eigenvalue weighted by Gasteiger charge is -2.40. The number of allylic oxidation sites excluding steroid dienone is 1. The molecule has 0 spiro atoms. The quantitative estimate of drug-likeness (QED) is 0.0674. The average Bonchev–Trinajstić information content (AvgIpc) is 3.38. The van der Waals surface area contributed by atoms with Crippen molar-refractivity contribution in [1.82, 2.24) is 9.80 Å². The number of benzene rings is 1. The van der Waals surface area contributed by atoms with Crippen LogP contribution in [-0.2, 0) is 54.3 Å². The van der Waals surface area contributed by atoms with Crippen molar-refractivity contribution in [1.29, 1.82) is 0 Å². The molecule has 0 radical (unpaired) electrons. The van der Waals surface area contributed by atoms with E-state index in [2.05, 4.69) is 0 Å². The number of carbonyl (C=O) groups excluding carboxylic acids is 6. The fraction of sp³-hybridized carbons (Fsp3) is 0.543. The van der Waals surface area contributed by atoms with E-state index in [-0.39, 0.29) is 43.0 Å². The van der Waals surface area contributed by atoms with E-state index in [0.717, 1.165) is 11.6 Å². The number of hydrogen-bond acceptors (Lipinski definition) is 10. The lowest BCUT2D eigenvalue weighted by molar-refractivity contribution is -0.194. The van der Waals surface area contributed by atoms with Crippen LogP contribution in [0.15, 0.2) is 54.6 Å². The smallest absolute Gasteiger partial charge is 0.306 e. The number of esters is 2. The van der Waals surface area contributed by atoms with E-state index in [0.29, 0.717) is 70.9 Å². The van der Waals surface area contributed by atoms with Crippen molar-refractivity contribution < 1.29 is 47.7 Å². The Hall–Kier alpha value is -4.16. The molecule has 256 valence electrons. The van der Waals surface area contributed by atoms with Crippen LogP contribution in [0.4, 0.5) is 0 Å². The van der Waals surface area contributed by atoms with E-state index >= 15 is 0 Å². The Bertz CT molecular complexity index is 1250. The molecule has 4 unspecified atom stereocenters. The van der Waals surface area contributed by atoms with Crippen LogP contribution in [0.5, 0.6) is 0 Å². The first-order valence-corrected chi connectivity index (χ1v) is 16.2. The number of unbranched alkanes of at least 4 members (excludes halogenated alkanes) is 4. The average molecular weight is 655 g/mol. The molecule has 0 saturated heterocycles. The summed E-state index contributed by atoms with van der Waals surface area (Å²) in [5.41, 5.74) is 0.959. The van der Waals surface area contributed by atoms with Crippen LogP contribution < -0.4 is 0 Å². The molecule has 1 aromatic rings. The van der Waals surface area contributed by atoms with Gasteiger partial charge in [0.25, 0.3) is 11.8 Å². The van der Waals surface area contributed by atoms with Crippen molar-refractivity contribution in [2.45, 2.75) is 95.2 Å². The molecule has 3 rings (SSSR count). The van der Waals surface area contributed by atoms with E-state index in [1.807, 2.05) is 30.3 Å². The van der Waals surface area contributed by atoms with Crippen LogP contribution in [0.2, 0.25) is 0 Å². The highest BCUT2D eigenvalue weighted by molar-refractivity contribution is 6.12. The van der Waals surface area contributed by atoms with E-state index in [9.17, 15) is 28.8 Å². The molecule has 0 N–H and O–H groups in total. The van der Waals surface area contributed by atoms with E-state index in [1.54, 1.807) is 14.2 Å². The number of likely N-dealkylation sites (N-methyl/N-ethyl adjacent to an activating group) is 1. The van der Waals surface area contributed by atoms with Gasteiger partial charge in [-0.05, 0) is 37.3 Å². The zero-order valence-corrected chi connectivity index (χ0v) is 27.3. The topological polar surface area (TPSA) is 146 Å². The van der Waals surface area contributed by atoms with Crippen LogP contribution in [0.25, 0.3) is 0 Å². The minimum atomic E-state index is -0.694. The van der Waals surface area contributed by atoms with Crippen molar-refractivity contribution in [2.24, 2.45) is 0 Å². The molecular formula is C35H46N2O10. The van der Waals surface area contributed by atoms with Crippen molar-refractivity contribution in [3.8, 4) is 0 Å². The van der Waals surface area contributed by atoms with Gasteiger partial charge in [-0.3, -0.25) is 33.7 Å². The van der Waals surface area contributed by atoms with Crippen molar-refractivity contribution >= 4 is 35.9 Å². The summed E-state index contributed by atoms with van der Waals surface area (Å²) in [4.78, 5) is 74.0. The van der Waals surface area contributed by atoms with E-state index in [1.165, 1.54) is 28.0 Å². The SMILES string of the molecule is COC1CC(OC(=O)CCCCCN2C(=O)C=CC2=O)CC(OC(=O)CCCCCN(C)C(=O)/C=C\C=O)C1OCc1ccccc1. The third kappa shape index (κ3) is 12.9. The molecule has 1 saturated carbocycles. The summed E-state index contributed by atoms with van der Waals surface area (Å²) < 4.78 is 23.7. The third-order valence-corrected chi connectivity index (χ3v) is 8.12. The van der Waals surface area contributed by atoms with Crippen molar-refractivity contribution in [3.05, 3.63) is 60.2 Å². The molecule has 2 aliphatic rings. The van der Waals surface area contributed by atoms with Gasteiger partial charge in [-0.15, -0.1) is 0 Å². The van der Waals surface area contributed by atoms with Crippen LogP contribution in [0.3, 0.4) is 0 Å². The summed E-state index contributed by atoms with van der Waals surface area (Å²) in [6.07, 6.45) is 7.90. The minimum absolute atomic E-state index is 0.178. The Morgan fingerprint density at radius 2 is 1.51 bits per heavy atom. The molecule has 1 aliphatic carbocycles. The summed E-state index contributed by atoms with van der Waals surface area (Å²) in [5, 5.41) is 0. The largest absolute Gasteiger partial charge is 0.462 e. The molecule has 1 aliphatic heterocycles. The second-order valence-corrected chi connectivity index (χ2v) is 11.7. The first-order valence-electron chi connectivity index (χ1n) is 16.2. The van der Waals surface area contributed by atoms with Gasteiger partial charge in [0, 0.05) is 71.2 Å². The van der Waals surface area contributed by atoms with Crippen molar-refractivity contribution in [3.63, 3.8) is 0 Å². The molecular weight excluding hydrogens is 608 g/mol. The molecule has 0 aromatic heterocycles. The molecule has 0 bridgehead atoms. The molecule has 47 heavy (non-hydrogen) atoms. The Balaban J connectivity index is 1.49. The van der Waals surface area contributed by atoms with Gasteiger partial charge in [-0.2, -0.15) is 0 Å². The maximum Gasteiger partial charge on any atom is 0.306 e. The summed E-state index contributed by atoms with van der Waals surface area (Å²) in [6, 6.07) is 9.63. The number of aldehydes is 1. The van der Waals surface area contributed by atoms with Gasteiger partial charge >= 0.3 is 11.9 Å². The highest BCUT2D eigenvalue weighted by Gasteiger charge is 2.42. The first kappa shape index (κ1) is 37.3. The molecule has 1 heterocycles. The summed E-state index contributed by atoms with van der Waals surface area (Å²) in [6.45, 7) is 1.10. The van der Waals surface area contributed by atoms with Crippen molar-refractivity contribution in [2.75, 3.05) is 27.2 Å². The minimum Gasteiger partial charge on any atom is -0.462 e. The predicted octanol–water partition coefficient (Wildman–Crippen LogP) is 3.46. The zero-order chi connectivity index (χ0) is 34.0. The Labute approximate surface area is 276 Å². The summed E-state index contributed by atoms with van der Waals surface area (Å²) in [7, 11) is 3.20. The van der Waals surface area contributed by atoms with Crippen LogP contribution in [0, 0.1) is 0 Å². The molecule has 1 aromatic carbocycles. The van der Waals surface area contributed by atoms with E-state index in [4.69, 9.17) is 18.9 Å². The fourth-order valence-electron chi connectivity index (χ4n) is 5.54. The number of ether oxygens (including phenoxy) is 4. The monoisotopic (exact) mass is 654 g/mol. The molecule has 12 nitrogen and oxygen atoms in total. The van der Waals surface area contributed by atoms with E-state index < -0.39 is 30.4 Å². The van der Waals surface area contributed by atoms with Gasteiger partial charge in [0.15, 0.2) is 0 Å². The fourth-order valence-corrected chi connectivity index (χ4v) is 5.54. The van der Waals surface area contributed by atoms with Gasteiger partial charge in [-0.25, -0.2) is 0 Å². The molecule has 3 amide bonds. The lowest BCUT2D eigenvalue weighted by Crippen LogP contribution is -2.51. The highest BCUT2D eigenvalue weighted by Crippen LogP contribution is 2.30. The van der Waals surface area contributed by atoms with Crippen LogP contribution in [0.1, 0.15) is 69.8 Å².